The van der Waals surface area contributed by atoms with Crippen molar-refractivity contribution in [3.63, 3.8) is 0 Å². The first kappa shape index (κ1) is 17.7. The van der Waals surface area contributed by atoms with Gasteiger partial charge >= 0.3 is 11.9 Å². The second-order valence-corrected chi connectivity index (χ2v) is 5.40. The minimum Gasteiger partial charge on any atom is -0.478 e. The summed E-state index contributed by atoms with van der Waals surface area (Å²) < 4.78 is 10.5. The van der Waals surface area contributed by atoms with E-state index in [4.69, 9.17) is 14.6 Å². The van der Waals surface area contributed by atoms with Crippen LogP contribution in [0.3, 0.4) is 0 Å². The third kappa shape index (κ3) is 9.24. The van der Waals surface area contributed by atoms with Gasteiger partial charge in [0.15, 0.2) is 0 Å². The number of carboxylic acid groups (broad SMARTS) is 1. The zero-order chi connectivity index (χ0) is 15.5. The lowest BCUT2D eigenvalue weighted by Gasteiger charge is -2.00. The van der Waals surface area contributed by atoms with Crippen molar-refractivity contribution in [1.29, 1.82) is 0 Å². The molecule has 0 spiro atoms. The van der Waals surface area contributed by atoms with E-state index in [2.05, 4.69) is 6.92 Å². The van der Waals surface area contributed by atoms with E-state index < -0.39 is 11.9 Å². The second kappa shape index (κ2) is 10.4. The van der Waals surface area contributed by atoms with Crippen molar-refractivity contribution >= 4 is 11.9 Å². The number of carbonyl (C=O) groups is 2. The van der Waals surface area contributed by atoms with E-state index in [-0.39, 0.29) is 0 Å². The van der Waals surface area contributed by atoms with Gasteiger partial charge in [-0.2, -0.15) is 0 Å². The molecule has 5 heteroatoms. The molecule has 2 atom stereocenters. The van der Waals surface area contributed by atoms with Crippen molar-refractivity contribution in [2.45, 2.75) is 70.5 Å². The highest BCUT2D eigenvalue weighted by Crippen LogP contribution is 2.31. The maximum atomic E-state index is 11.1. The first-order chi connectivity index (χ1) is 10.1. The Morgan fingerprint density at radius 3 is 2.38 bits per heavy atom. The molecule has 120 valence electrons. The lowest BCUT2D eigenvalue weighted by Crippen LogP contribution is -2.05. The topological polar surface area (TPSA) is 76.1 Å². The Morgan fingerprint density at radius 2 is 1.71 bits per heavy atom. The molecular formula is C16H26O5. The zero-order valence-electron chi connectivity index (χ0n) is 12.8. The van der Waals surface area contributed by atoms with Gasteiger partial charge in [0.2, 0.25) is 0 Å². The Morgan fingerprint density at radius 1 is 1.05 bits per heavy atom. The van der Waals surface area contributed by atoms with Crippen LogP contribution in [0.5, 0.6) is 0 Å². The molecule has 0 saturated carbocycles. The predicted octanol–water partition coefficient (Wildman–Crippen LogP) is 3.08. The molecule has 1 rings (SSSR count). The maximum absolute atomic E-state index is 11.1. The van der Waals surface area contributed by atoms with Crippen molar-refractivity contribution < 1.29 is 24.2 Å². The number of rotatable bonds is 12. The van der Waals surface area contributed by atoms with Crippen molar-refractivity contribution in [3.05, 3.63) is 12.2 Å². The first-order valence-electron chi connectivity index (χ1n) is 7.86. The van der Waals surface area contributed by atoms with E-state index in [1.54, 1.807) is 0 Å². The molecule has 1 aliphatic rings. The third-order valence-corrected chi connectivity index (χ3v) is 3.52. The van der Waals surface area contributed by atoms with E-state index in [1.807, 2.05) is 0 Å². The SMILES string of the molecule is CCCCCCCC1OC1CCCOC(=O)/C=C\C(=O)O. The molecule has 0 aromatic heterocycles. The van der Waals surface area contributed by atoms with Crippen molar-refractivity contribution in [1.82, 2.24) is 0 Å². The Labute approximate surface area is 126 Å². The fourth-order valence-corrected chi connectivity index (χ4v) is 2.28. The van der Waals surface area contributed by atoms with Crippen LogP contribution in [0.2, 0.25) is 0 Å². The van der Waals surface area contributed by atoms with Crippen LogP contribution in [-0.4, -0.2) is 35.9 Å². The second-order valence-electron chi connectivity index (χ2n) is 5.40. The van der Waals surface area contributed by atoms with Crippen LogP contribution in [0.25, 0.3) is 0 Å². The summed E-state index contributed by atoms with van der Waals surface area (Å²) in [6.07, 6.45) is 11.6. The summed E-state index contributed by atoms with van der Waals surface area (Å²) in [7, 11) is 0. The van der Waals surface area contributed by atoms with Gasteiger partial charge in [0.1, 0.15) is 0 Å². The number of hydrogen-bond acceptors (Lipinski definition) is 4. The summed E-state index contributed by atoms with van der Waals surface area (Å²) in [5.41, 5.74) is 0. The zero-order valence-corrected chi connectivity index (χ0v) is 12.8. The Bertz CT molecular complexity index is 351. The smallest absolute Gasteiger partial charge is 0.331 e. The standard InChI is InChI=1S/C16H26O5/c1-2-3-4-5-6-8-13-14(21-13)9-7-12-20-16(19)11-10-15(17)18/h10-11,13-14H,2-9,12H2,1H3,(H,17,18)/b11-10-. The number of hydrogen-bond donors (Lipinski definition) is 1. The van der Waals surface area contributed by atoms with Crippen LogP contribution in [0.15, 0.2) is 12.2 Å². The molecule has 0 radical (unpaired) electrons. The highest BCUT2D eigenvalue weighted by atomic mass is 16.6. The molecule has 1 saturated heterocycles. The number of unbranched alkanes of at least 4 members (excludes halogenated alkanes) is 4. The van der Waals surface area contributed by atoms with Gasteiger partial charge in [0.05, 0.1) is 18.8 Å². The van der Waals surface area contributed by atoms with E-state index in [0.29, 0.717) is 18.8 Å². The van der Waals surface area contributed by atoms with Gasteiger partial charge in [-0.3, -0.25) is 0 Å². The van der Waals surface area contributed by atoms with Crippen LogP contribution in [0.1, 0.15) is 58.3 Å². The Balaban J connectivity index is 1.91. The molecule has 0 bridgehead atoms. The number of aliphatic carboxylic acids is 1. The van der Waals surface area contributed by atoms with Crippen LogP contribution < -0.4 is 0 Å². The maximum Gasteiger partial charge on any atom is 0.331 e. The number of esters is 1. The molecule has 0 aliphatic carbocycles. The number of carboxylic acids is 1. The van der Waals surface area contributed by atoms with Gasteiger partial charge in [-0.15, -0.1) is 0 Å². The van der Waals surface area contributed by atoms with Gasteiger partial charge in [-0.05, 0) is 19.3 Å². The van der Waals surface area contributed by atoms with E-state index in [1.165, 1.54) is 32.1 Å². The summed E-state index contributed by atoms with van der Waals surface area (Å²) in [6, 6.07) is 0. The summed E-state index contributed by atoms with van der Waals surface area (Å²) in [5.74, 6) is -1.76. The highest BCUT2D eigenvalue weighted by Gasteiger charge is 2.36. The summed E-state index contributed by atoms with van der Waals surface area (Å²) >= 11 is 0. The molecule has 1 aliphatic heterocycles. The van der Waals surface area contributed by atoms with Crippen molar-refractivity contribution in [3.8, 4) is 0 Å². The molecule has 0 aromatic carbocycles. The van der Waals surface area contributed by atoms with E-state index in [9.17, 15) is 9.59 Å². The summed E-state index contributed by atoms with van der Waals surface area (Å²) in [4.78, 5) is 21.3. The van der Waals surface area contributed by atoms with Crippen LogP contribution in [0, 0.1) is 0 Å². The van der Waals surface area contributed by atoms with Crippen LogP contribution in [0.4, 0.5) is 0 Å². The average Bonchev–Trinajstić information content (AvgIpc) is 3.19. The van der Waals surface area contributed by atoms with E-state index in [0.717, 1.165) is 31.4 Å². The third-order valence-electron chi connectivity index (χ3n) is 3.52. The predicted molar refractivity (Wildman–Crippen MR) is 79.0 cm³/mol. The monoisotopic (exact) mass is 298 g/mol. The minimum absolute atomic E-state index is 0.311. The van der Waals surface area contributed by atoms with Gasteiger partial charge < -0.3 is 14.6 Å². The van der Waals surface area contributed by atoms with Gasteiger partial charge in [0.25, 0.3) is 0 Å². The molecule has 1 N–H and O–H groups in total. The number of epoxide rings is 1. The van der Waals surface area contributed by atoms with Gasteiger partial charge in [0, 0.05) is 12.2 Å². The summed E-state index contributed by atoms with van der Waals surface area (Å²) in [5, 5.41) is 8.35. The first-order valence-corrected chi connectivity index (χ1v) is 7.86. The van der Waals surface area contributed by atoms with Gasteiger partial charge in [-0.1, -0.05) is 39.0 Å². The largest absolute Gasteiger partial charge is 0.478 e. The number of carbonyl (C=O) groups excluding carboxylic acids is 1. The normalized spacial score (nSPS) is 20.6. The molecule has 0 amide bonds. The molecule has 5 nitrogen and oxygen atoms in total. The molecule has 1 heterocycles. The van der Waals surface area contributed by atoms with Gasteiger partial charge in [-0.25, -0.2) is 9.59 Å². The fraction of sp³-hybridized carbons (Fsp3) is 0.750. The lowest BCUT2D eigenvalue weighted by atomic mass is 10.1. The molecular weight excluding hydrogens is 272 g/mol. The van der Waals surface area contributed by atoms with Crippen LogP contribution >= 0.6 is 0 Å². The lowest BCUT2D eigenvalue weighted by molar-refractivity contribution is -0.138. The molecule has 2 unspecified atom stereocenters. The highest BCUT2D eigenvalue weighted by molar-refractivity contribution is 5.90. The Kier molecular flexibility index (Phi) is 8.74. The Hall–Kier alpha value is -1.36. The molecule has 0 aromatic rings. The number of ether oxygens (including phenoxy) is 2. The average molecular weight is 298 g/mol. The van der Waals surface area contributed by atoms with Crippen LogP contribution in [-0.2, 0) is 19.1 Å². The summed E-state index contributed by atoms with van der Waals surface area (Å²) in [6.45, 7) is 2.52. The van der Waals surface area contributed by atoms with E-state index >= 15 is 0 Å². The minimum atomic E-state index is -1.15. The fourth-order valence-electron chi connectivity index (χ4n) is 2.28. The van der Waals surface area contributed by atoms with Crippen molar-refractivity contribution in [2.24, 2.45) is 0 Å². The molecule has 21 heavy (non-hydrogen) atoms. The molecule has 1 fully saturated rings. The quantitative estimate of drug-likeness (QED) is 0.259. The van der Waals surface area contributed by atoms with Crippen molar-refractivity contribution in [2.75, 3.05) is 6.61 Å².